The van der Waals surface area contributed by atoms with E-state index in [1.165, 1.54) is 16.2 Å². The van der Waals surface area contributed by atoms with Crippen LogP contribution in [-0.4, -0.2) is 43.7 Å². The average Bonchev–Trinajstić information content (AvgIpc) is 3.21. The lowest BCUT2D eigenvalue weighted by Gasteiger charge is -2.34. The zero-order valence-electron chi connectivity index (χ0n) is 23.3. The van der Waals surface area contributed by atoms with Gasteiger partial charge in [-0.15, -0.1) is 11.3 Å². The van der Waals surface area contributed by atoms with Gasteiger partial charge in [-0.05, 0) is 52.2 Å². The fourth-order valence-corrected chi connectivity index (χ4v) is 5.20. The summed E-state index contributed by atoms with van der Waals surface area (Å²) in [6.45, 7) is 14.1. The van der Waals surface area contributed by atoms with Crippen molar-refractivity contribution in [2.24, 2.45) is 11.7 Å². The number of pyridine rings is 1. The Hall–Kier alpha value is -3.40. The second-order valence-electron chi connectivity index (χ2n) is 10.9. The van der Waals surface area contributed by atoms with Gasteiger partial charge in [0, 0.05) is 23.0 Å². The molecule has 3 N–H and O–H groups in total. The van der Waals surface area contributed by atoms with Crippen LogP contribution in [0.2, 0.25) is 0 Å². The molecule has 0 fully saturated rings. The minimum Gasteiger partial charge on any atom is -0.491 e. The third-order valence-electron chi connectivity index (χ3n) is 6.24. The minimum absolute atomic E-state index is 0.00932. The van der Waals surface area contributed by atoms with E-state index in [0.717, 1.165) is 18.4 Å². The van der Waals surface area contributed by atoms with Crippen molar-refractivity contribution < 1.29 is 19.4 Å². The third kappa shape index (κ3) is 6.18. The molecule has 0 spiro atoms. The van der Waals surface area contributed by atoms with Gasteiger partial charge in [-0.3, -0.25) is 14.5 Å². The summed E-state index contributed by atoms with van der Waals surface area (Å²) in [5.41, 5.74) is 6.39. The molecule has 0 unspecified atom stereocenters. The molecule has 0 aliphatic carbocycles. The average molecular weight is 543 g/mol. The number of fused-ring (bicyclic) bond motifs is 1. The van der Waals surface area contributed by atoms with Gasteiger partial charge in [0.2, 0.25) is 0 Å². The molecule has 38 heavy (non-hydrogen) atoms. The second kappa shape index (κ2) is 11.6. The summed E-state index contributed by atoms with van der Waals surface area (Å²) in [4.78, 5) is 44.2. The smallest absolute Gasteiger partial charge is 0.408 e. The fourth-order valence-electron chi connectivity index (χ4n) is 4.28. The highest BCUT2D eigenvalue weighted by Gasteiger charge is 2.30. The molecule has 0 bridgehead atoms. The number of nitrogens with two attached hydrogens (primary N) is 1. The Morgan fingerprint density at radius 3 is 2.45 bits per heavy atom. The molecule has 9 nitrogen and oxygen atoms in total. The summed E-state index contributed by atoms with van der Waals surface area (Å²) in [7, 11) is 0. The molecule has 0 aliphatic rings. The van der Waals surface area contributed by atoms with Crippen molar-refractivity contribution in [3.63, 3.8) is 0 Å². The lowest BCUT2D eigenvalue weighted by molar-refractivity contribution is 0.0926. The number of hydrogen-bond donors (Lipinski definition) is 2. The van der Waals surface area contributed by atoms with Crippen LogP contribution in [0.5, 0.6) is 5.75 Å². The number of ether oxygens (including phenoxy) is 1. The van der Waals surface area contributed by atoms with Gasteiger partial charge in [0.1, 0.15) is 15.6 Å². The highest BCUT2D eigenvalue weighted by atomic mass is 32.1. The molecular formula is C28H38N4O5S. The van der Waals surface area contributed by atoms with Crippen molar-refractivity contribution in [2.45, 2.75) is 79.9 Å². The predicted octanol–water partition coefficient (Wildman–Crippen LogP) is 5.65. The topological polar surface area (TPSA) is 128 Å². The highest BCUT2D eigenvalue weighted by Crippen LogP contribution is 2.36. The highest BCUT2D eigenvalue weighted by molar-refractivity contribution is 7.17. The van der Waals surface area contributed by atoms with Crippen molar-refractivity contribution in [2.75, 3.05) is 6.61 Å². The van der Waals surface area contributed by atoms with Crippen LogP contribution < -0.4 is 16.0 Å². The number of benzene rings is 1. The number of carbonyl (C=O) groups excluding carboxylic acids is 1. The van der Waals surface area contributed by atoms with Gasteiger partial charge in [0.05, 0.1) is 29.9 Å². The van der Waals surface area contributed by atoms with Crippen LogP contribution in [0.3, 0.4) is 0 Å². The summed E-state index contributed by atoms with van der Waals surface area (Å²) < 4.78 is 8.01. The number of hydrogen-bond acceptors (Lipinski definition) is 6. The maximum Gasteiger partial charge on any atom is 0.408 e. The number of amides is 2. The molecule has 2 aromatic heterocycles. The number of aromatic nitrogens is 2. The Morgan fingerprint density at radius 1 is 1.24 bits per heavy atom. The second-order valence-corrected chi connectivity index (χ2v) is 11.9. The monoisotopic (exact) mass is 542 g/mol. The summed E-state index contributed by atoms with van der Waals surface area (Å²) >= 11 is 1.20. The van der Waals surface area contributed by atoms with Crippen LogP contribution in [0.15, 0.2) is 23.0 Å². The Labute approximate surface area is 227 Å². The molecule has 3 aromatic rings. The molecule has 2 amide bonds. The lowest BCUT2D eigenvalue weighted by atomic mass is 10.0. The first-order valence-corrected chi connectivity index (χ1v) is 13.7. The molecule has 0 atom stereocenters. The van der Waals surface area contributed by atoms with E-state index in [2.05, 4.69) is 11.9 Å². The Bertz CT molecular complexity index is 1400. The number of carboxylic acid groups (broad SMARTS) is 1. The van der Waals surface area contributed by atoms with E-state index in [1.54, 1.807) is 23.6 Å². The number of primary amides is 1. The van der Waals surface area contributed by atoms with Crippen molar-refractivity contribution in [3.05, 3.63) is 44.8 Å². The van der Waals surface area contributed by atoms with Crippen LogP contribution in [0.1, 0.15) is 75.4 Å². The predicted molar refractivity (Wildman–Crippen MR) is 151 cm³/mol. The Balaban J connectivity index is 2.36. The van der Waals surface area contributed by atoms with E-state index in [0.29, 0.717) is 50.9 Å². The zero-order valence-corrected chi connectivity index (χ0v) is 24.1. The molecule has 0 saturated heterocycles. The van der Waals surface area contributed by atoms with Crippen molar-refractivity contribution in [1.82, 2.24) is 14.5 Å². The van der Waals surface area contributed by atoms with Gasteiger partial charge < -0.3 is 20.1 Å². The summed E-state index contributed by atoms with van der Waals surface area (Å²) in [6.07, 6.45) is 0.646. The number of nitrogens with zero attached hydrogens (tertiary/aromatic N) is 3. The first-order valence-electron chi connectivity index (χ1n) is 12.9. The lowest BCUT2D eigenvalue weighted by Crippen LogP contribution is -2.45. The Kier molecular flexibility index (Phi) is 8.86. The molecule has 1 aromatic carbocycles. The van der Waals surface area contributed by atoms with E-state index in [4.69, 9.17) is 10.5 Å². The number of rotatable bonds is 10. The standard InChI is InChI=1S/C28H38N4O5S/c1-8-9-12-37-22-20-13-18(25-30-17(4)23(38-25)24(29)33)10-11-19(20)26(34)31(14-16(2)3)21(22)15-32(27(35)36)28(5,6)7/h10-11,13,16H,8-9,12,14-15H2,1-7H3,(H2,29,33)(H,35,36). The maximum absolute atomic E-state index is 13.8. The molecule has 0 saturated carbocycles. The summed E-state index contributed by atoms with van der Waals surface area (Å²) in [5.74, 6) is 0.102. The van der Waals surface area contributed by atoms with E-state index in [1.807, 2.05) is 40.7 Å². The number of unbranched alkanes of at least 4 members (excludes halogenated alkanes) is 1. The van der Waals surface area contributed by atoms with E-state index >= 15 is 0 Å². The quantitative estimate of drug-likeness (QED) is 0.319. The largest absolute Gasteiger partial charge is 0.491 e. The number of carbonyl (C=O) groups is 2. The Morgan fingerprint density at radius 2 is 1.92 bits per heavy atom. The van der Waals surface area contributed by atoms with Crippen LogP contribution >= 0.6 is 11.3 Å². The van der Waals surface area contributed by atoms with Crippen LogP contribution in [0.4, 0.5) is 4.79 Å². The molecule has 3 rings (SSSR count). The van der Waals surface area contributed by atoms with E-state index in [-0.39, 0.29) is 18.0 Å². The SMILES string of the molecule is CCCCOc1c(CN(C(=O)O)C(C)(C)C)n(CC(C)C)c(=O)c2ccc(-c3nc(C)c(C(N)=O)s3)cc12. The van der Waals surface area contributed by atoms with Crippen molar-refractivity contribution >= 4 is 34.1 Å². The van der Waals surface area contributed by atoms with E-state index in [9.17, 15) is 19.5 Å². The van der Waals surface area contributed by atoms with Gasteiger partial charge in [-0.25, -0.2) is 9.78 Å². The fraction of sp³-hybridized carbons (Fsp3) is 0.500. The summed E-state index contributed by atoms with van der Waals surface area (Å²) in [6, 6.07) is 5.40. The molecular weight excluding hydrogens is 504 g/mol. The van der Waals surface area contributed by atoms with Crippen molar-refractivity contribution in [1.29, 1.82) is 0 Å². The molecule has 2 heterocycles. The number of aryl methyl sites for hydroxylation is 1. The van der Waals surface area contributed by atoms with Crippen LogP contribution in [-0.2, 0) is 13.1 Å². The number of thiazole rings is 1. The van der Waals surface area contributed by atoms with Gasteiger partial charge >= 0.3 is 6.09 Å². The molecule has 0 radical (unpaired) electrons. The van der Waals surface area contributed by atoms with Gasteiger partial charge in [-0.1, -0.05) is 33.3 Å². The van der Waals surface area contributed by atoms with Crippen LogP contribution in [0, 0.1) is 12.8 Å². The molecule has 10 heteroatoms. The first-order chi connectivity index (χ1) is 17.8. The molecule has 206 valence electrons. The third-order valence-corrected chi connectivity index (χ3v) is 7.46. The van der Waals surface area contributed by atoms with Gasteiger partial charge in [0.15, 0.2) is 0 Å². The van der Waals surface area contributed by atoms with Gasteiger partial charge in [-0.2, -0.15) is 0 Å². The first kappa shape index (κ1) is 29.2. The minimum atomic E-state index is -1.08. The normalized spacial score (nSPS) is 11.8. The van der Waals surface area contributed by atoms with Crippen molar-refractivity contribution in [3.8, 4) is 16.3 Å². The zero-order chi connectivity index (χ0) is 28.4. The van der Waals surface area contributed by atoms with E-state index < -0.39 is 17.5 Å². The maximum atomic E-state index is 13.8. The van der Waals surface area contributed by atoms with Gasteiger partial charge in [0.25, 0.3) is 11.5 Å². The van der Waals surface area contributed by atoms with Crippen LogP contribution in [0.25, 0.3) is 21.3 Å². The summed E-state index contributed by atoms with van der Waals surface area (Å²) in [5, 5.41) is 11.7. The molecule has 0 aliphatic heterocycles.